The largest absolute Gasteiger partial charge is 0.378 e. The van der Waals surface area contributed by atoms with Gasteiger partial charge in [0.05, 0.1) is 25.3 Å². The van der Waals surface area contributed by atoms with Gasteiger partial charge in [0, 0.05) is 33.3 Å². The van der Waals surface area contributed by atoms with E-state index in [9.17, 15) is 4.79 Å². The van der Waals surface area contributed by atoms with Gasteiger partial charge in [-0.1, -0.05) is 5.16 Å². The monoisotopic (exact) mass is 317 g/mol. The lowest BCUT2D eigenvalue weighted by Gasteiger charge is -2.29. The summed E-state index contributed by atoms with van der Waals surface area (Å²) in [5, 5.41) is 3.82. The van der Waals surface area contributed by atoms with Crippen molar-refractivity contribution in [2.45, 2.75) is 13.5 Å². The fraction of sp³-hybridized carbons (Fsp3) is 0.467. The minimum atomic E-state index is -0.123. The summed E-state index contributed by atoms with van der Waals surface area (Å²) in [7, 11) is 1.71. The first-order valence-corrected chi connectivity index (χ1v) is 7.47. The Morgan fingerprint density at radius 2 is 2.17 bits per heavy atom. The summed E-state index contributed by atoms with van der Waals surface area (Å²) in [6, 6.07) is 3.56. The van der Waals surface area contributed by atoms with Crippen LogP contribution in [0.5, 0.6) is 0 Å². The number of hydrogen-bond acceptors (Lipinski definition) is 7. The van der Waals surface area contributed by atoms with Crippen molar-refractivity contribution in [1.29, 1.82) is 0 Å². The molecule has 0 bridgehead atoms. The van der Waals surface area contributed by atoms with Crippen molar-refractivity contribution in [3.05, 3.63) is 35.6 Å². The van der Waals surface area contributed by atoms with Crippen LogP contribution in [0.2, 0.25) is 0 Å². The van der Waals surface area contributed by atoms with Crippen molar-refractivity contribution < 1.29 is 14.1 Å². The van der Waals surface area contributed by atoms with Crippen LogP contribution in [0.4, 0.5) is 5.82 Å². The number of carbonyl (C=O) groups excluding carboxylic acids is 1. The van der Waals surface area contributed by atoms with Gasteiger partial charge in [-0.15, -0.1) is 0 Å². The molecule has 0 saturated carbocycles. The van der Waals surface area contributed by atoms with Crippen molar-refractivity contribution in [2.75, 3.05) is 38.3 Å². The third-order valence-electron chi connectivity index (χ3n) is 3.62. The van der Waals surface area contributed by atoms with Crippen LogP contribution in [0.1, 0.15) is 22.1 Å². The topological polar surface area (TPSA) is 84.6 Å². The van der Waals surface area contributed by atoms with Crippen LogP contribution in [0.15, 0.2) is 22.9 Å². The molecule has 1 saturated heterocycles. The maximum atomic E-state index is 12.8. The maximum absolute atomic E-state index is 12.8. The first-order valence-electron chi connectivity index (χ1n) is 7.47. The smallest absolute Gasteiger partial charge is 0.257 e. The standard InChI is InChI=1S/C15H19N5O3/c1-11-17-13(18-23-11)10-19(2)15(21)12-4-3-5-16-14(12)20-6-8-22-9-7-20/h3-5H,6-10H2,1-2H3. The van der Waals surface area contributed by atoms with Gasteiger partial charge in [-0.05, 0) is 12.1 Å². The molecule has 0 unspecified atom stereocenters. The number of morpholine rings is 1. The molecule has 3 heterocycles. The lowest BCUT2D eigenvalue weighted by molar-refractivity contribution is 0.0779. The second-order valence-electron chi connectivity index (χ2n) is 5.36. The molecule has 1 fully saturated rings. The Morgan fingerprint density at radius 1 is 1.39 bits per heavy atom. The number of rotatable bonds is 4. The molecule has 3 rings (SSSR count). The van der Waals surface area contributed by atoms with E-state index in [4.69, 9.17) is 9.26 Å². The zero-order valence-electron chi connectivity index (χ0n) is 13.2. The highest BCUT2D eigenvalue weighted by atomic mass is 16.5. The van der Waals surface area contributed by atoms with E-state index in [-0.39, 0.29) is 12.5 Å². The molecule has 0 aliphatic carbocycles. The fourth-order valence-electron chi connectivity index (χ4n) is 2.49. The number of ether oxygens (including phenoxy) is 1. The SMILES string of the molecule is Cc1nc(CN(C)C(=O)c2cccnc2N2CCOCC2)no1. The Kier molecular flexibility index (Phi) is 4.52. The highest BCUT2D eigenvalue weighted by Crippen LogP contribution is 2.20. The van der Waals surface area contributed by atoms with Gasteiger partial charge < -0.3 is 19.1 Å². The summed E-state index contributed by atoms with van der Waals surface area (Å²) in [6.45, 7) is 4.74. The number of carbonyl (C=O) groups is 1. The van der Waals surface area contributed by atoms with E-state index in [1.54, 1.807) is 37.2 Å². The lowest BCUT2D eigenvalue weighted by Crippen LogP contribution is -2.38. The molecule has 8 heteroatoms. The molecule has 0 aromatic carbocycles. The number of nitrogens with zero attached hydrogens (tertiary/aromatic N) is 5. The van der Waals surface area contributed by atoms with Crippen LogP contribution in [0.3, 0.4) is 0 Å². The lowest BCUT2D eigenvalue weighted by atomic mass is 10.2. The molecule has 0 N–H and O–H groups in total. The highest BCUT2D eigenvalue weighted by molar-refractivity contribution is 5.98. The Balaban J connectivity index is 1.78. The van der Waals surface area contributed by atoms with Gasteiger partial charge in [-0.3, -0.25) is 4.79 Å². The van der Waals surface area contributed by atoms with E-state index in [1.165, 1.54) is 0 Å². The van der Waals surface area contributed by atoms with Gasteiger partial charge in [-0.25, -0.2) is 4.98 Å². The summed E-state index contributed by atoms with van der Waals surface area (Å²) in [5.74, 6) is 1.53. The third kappa shape index (κ3) is 3.48. The quantitative estimate of drug-likeness (QED) is 0.827. The van der Waals surface area contributed by atoms with E-state index in [1.807, 2.05) is 0 Å². The first-order chi connectivity index (χ1) is 11.1. The number of aryl methyl sites for hydroxylation is 1. The van der Waals surface area contributed by atoms with Gasteiger partial charge >= 0.3 is 0 Å². The minimum Gasteiger partial charge on any atom is -0.378 e. The second-order valence-corrected chi connectivity index (χ2v) is 5.36. The van der Waals surface area contributed by atoms with E-state index in [0.717, 1.165) is 13.1 Å². The molecule has 0 spiro atoms. The van der Waals surface area contributed by atoms with Gasteiger partial charge in [-0.2, -0.15) is 4.98 Å². The molecule has 0 radical (unpaired) electrons. The fourth-order valence-corrected chi connectivity index (χ4v) is 2.49. The zero-order chi connectivity index (χ0) is 16.2. The van der Waals surface area contributed by atoms with Crippen molar-refractivity contribution >= 4 is 11.7 Å². The van der Waals surface area contributed by atoms with E-state index in [2.05, 4.69) is 20.0 Å². The zero-order valence-corrected chi connectivity index (χ0v) is 13.2. The summed E-state index contributed by atoms with van der Waals surface area (Å²) >= 11 is 0. The molecule has 23 heavy (non-hydrogen) atoms. The van der Waals surface area contributed by atoms with Crippen LogP contribution in [0.25, 0.3) is 0 Å². The van der Waals surface area contributed by atoms with E-state index >= 15 is 0 Å². The van der Waals surface area contributed by atoms with E-state index < -0.39 is 0 Å². The Morgan fingerprint density at radius 3 is 2.87 bits per heavy atom. The molecule has 2 aromatic rings. The van der Waals surface area contributed by atoms with Crippen LogP contribution < -0.4 is 4.90 Å². The molecule has 1 amide bonds. The van der Waals surface area contributed by atoms with Gasteiger partial charge in [0.15, 0.2) is 5.82 Å². The Labute approximate surface area is 134 Å². The summed E-state index contributed by atoms with van der Waals surface area (Å²) in [6.07, 6.45) is 1.70. The van der Waals surface area contributed by atoms with Crippen LogP contribution >= 0.6 is 0 Å². The number of aromatic nitrogens is 3. The van der Waals surface area contributed by atoms with Crippen LogP contribution in [-0.4, -0.2) is 59.3 Å². The van der Waals surface area contributed by atoms with Crippen LogP contribution in [-0.2, 0) is 11.3 Å². The summed E-state index contributed by atoms with van der Waals surface area (Å²) in [5.41, 5.74) is 0.567. The Bertz CT molecular complexity index is 681. The van der Waals surface area contributed by atoms with Crippen molar-refractivity contribution in [2.24, 2.45) is 0 Å². The van der Waals surface area contributed by atoms with Gasteiger partial charge in [0.2, 0.25) is 5.89 Å². The predicted molar refractivity (Wildman–Crippen MR) is 82.1 cm³/mol. The molecule has 1 aliphatic heterocycles. The molecule has 0 atom stereocenters. The molecular formula is C15H19N5O3. The molecular weight excluding hydrogens is 298 g/mol. The summed E-state index contributed by atoms with van der Waals surface area (Å²) in [4.78, 5) is 24.9. The number of pyridine rings is 1. The molecule has 122 valence electrons. The van der Waals surface area contributed by atoms with Gasteiger partial charge in [0.25, 0.3) is 5.91 Å². The van der Waals surface area contributed by atoms with E-state index in [0.29, 0.717) is 36.3 Å². The average molecular weight is 317 g/mol. The maximum Gasteiger partial charge on any atom is 0.257 e. The second kappa shape index (κ2) is 6.74. The Hall–Kier alpha value is -2.48. The minimum absolute atomic E-state index is 0.123. The predicted octanol–water partition coefficient (Wildman–Crippen LogP) is 0.882. The van der Waals surface area contributed by atoms with Crippen molar-refractivity contribution in [3.63, 3.8) is 0 Å². The molecule has 1 aliphatic rings. The first kappa shape index (κ1) is 15.4. The third-order valence-corrected chi connectivity index (χ3v) is 3.62. The highest BCUT2D eigenvalue weighted by Gasteiger charge is 2.22. The average Bonchev–Trinajstić information content (AvgIpc) is 3.00. The van der Waals surface area contributed by atoms with Crippen molar-refractivity contribution in [3.8, 4) is 0 Å². The number of hydrogen-bond donors (Lipinski definition) is 0. The van der Waals surface area contributed by atoms with Crippen LogP contribution in [0, 0.1) is 6.92 Å². The van der Waals surface area contributed by atoms with Crippen molar-refractivity contribution in [1.82, 2.24) is 20.0 Å². The normalized spacial score (nSPS) is 14.8. The number of amides is 1. The number of anilines is 1. The molecule has 8 nitrogen and oxygen atoms in total. The molecule has 2 aromatic heterocycles. The summed E-state index contributed by atoms with van der Waals surface area (Å²) < 4.78 is 10.3. The van der Waals surface area contributed by atoms with Gasteiger partial charge in [0.1, 0.15) is 5.82 Å².